The molecule has 2 aromatic rings. The third-order valence-electron chi connectivity index (χ3n) is 3.88. The zero-order valence-electron chi connectivity index (χ0n) is 11.9. The third kappa shape index (κ3) is 2.51. The zero-order valence-corrected chi connectivity index (χ0v) is 12.7. The second kappa shape index (κ2) is 5.63. The second-order valence-corrected chi connectivity index (χ2v) is 6.30. The predicted molar refractivity (Wildman–Crippen MR) is 82.5 cm³/mol. The lowest BCUT2D eigenvalue weighted by Gasteiger charge is -2.29. The summed E-state index contributed by atoms with van der Waals surface area (Å²) >= 11 is 1.70. The number of hydrogen-bond acceptors (Lipinski definition) is 6. The summed E-state index contributed by atoms with van der Waals surface area (Å²) in [6.45, 7) is 4.69. The molecule has 0 aliphatic carbocycles. The number of ether oxygens (including phenoxy) is 1. The van der Waals surface area contributed by atoms with E-state index >= 15 is 0 Å². The van der Waals surface area contributed by atoms with Crippen LogP contribution in [0.2, 0.25) is 0 Å². The van der Waals surface area contributed by atoms with Crippen LogP contribution in [0.15, 0.2) is 11.7 Å². The molecule has 6 heteroatoms. The molecule has 1 atom stereocenters. The lowest BCUT2D eigenvalue weighted by Crippen LogP contribution is -2.49. The summed E-state index contributed by atoms with van der Waals surface area (Å²) in [5, 5.41) is 9.18. The van der Waals surface area contributed by atoms with Gasteiger partial charge in [0.15, 0.2) is 0 Å². The molecule has 5 nitrogen and oxygen atoms in total. The van der Waals surface area contributed by atoms with Crippen LogP contribution in [0.25, 0.3) is 10.2 Å². The number of anilines is 1. The molecule has 3 rings (SSSR count). The highest BCUT2D eigenvalue weighted by Crippen LogP contribution is 2.29. The van der Waals surface area contributed by atoms with Gasteiger partial charge in [0.2, 0.25) is 0 Å². The van der Waals surface area contributed by atoms with Gasteiger partial charge in [-0.05, 0) is 37.3 Å². The number of nitrogens with zero attached hydrogens (tertiary/aromatic N) is 2. The molecule has 1 unspecified atom stereocenters. The Hall–Kier alpha value is -1.24. The Morgan fingerprint density at radius 2 is 2.40 bits per heavy atom. The van der Waals surface area contributed by atoms with Crippen LogP contribution >= 0.6 is 11.3 Å². The van der Waals surface area contributed by atoms with Crippen LogP contribution in [0.4, 0.5) is 5.82 Å². The van der Waals surface area contributed by atoms with E-state index in [1.54, 1.807) is 24.8 Å². The van der Waals surface area contributed by atoms with Gasteiger partial charge in [0, 0.05) is 13.7 Å². The molecular weight excluding hydrogens is 272 g/mol. The van der Waals surface area contributed by atoms with E-state index in [0.717, 1.165) is 42.2 Å². The fourth-order valence-corrected chi connectivity index (χ4v) is 3.79. The molecule has 2 N–H and O–H groups in total. The van der Waals surface area contributed by atoms with Crippen molar-refractivity contribution in [3.05, 3.63) is 17.3 Å². The molecule has 0 spiro atoms. The van der Waals surface area contributed by atoms with E-state index in [1.807, 2.05) is 0 Å². The van der Waals surface area contributed by atoms with Crippen LogP contribution in [-0.4, -0.2) is 42.3 Å². The molecule has 1 saturated heterocycles. The number of hydrogen-bond donors (Lipinski definition) is 2. The van der Waals surface area contributed by atoms with Gasteiger partial charge in [0.05, 0.1) is 22.4 Å². The molecule has 0 aromatic carbocycles. The zero-order chi connectivity index (χ0) is 14.0. The minimum absolute atomic E-state index is 0.0261. The summed E-state index contributed by atoms with van der Waals surface area (Å²) in [5.74, 6) is 0.928. The van der Waals surface area contributed by atoms with E-state index in [-0.39, 0.29) is 5.54 Å². The molecule has 1 aliphatic rings. The number of methoxy groups -OCH3 is 1. The van der Waals surface area contributed by atoms with Crippen LogP contribution in [0.5, 0.6) is 0 Å². The maximum atomic E-state index is 5.38. The maximum Gasteiger partial charge on any atom is 0.147 e. The minimum atomic E-state index is 0.0261. The maximum absolute atomic E-state index is 5.38. The van der Waals surface area contributed by atoms with Gasteiger partial charge in [-0.3, -0.25) is 0 Å². The summed E-state index contributed by atoms with van der Waals surface area (Å²) < 4.78 is 6.51. The van der Waals surface area contributed by atoms with Crippen LogP contribution in [0, 0.1) is 6.92 Å². The van der Waals surface area contributed by atoms with Crippen molar-refractivity contribution in [1.29, 1.82) is 0 Å². The fourth-order valence-electron chi connectivity index (χ4n) is 2.82. The molecule has 1 fully saturated rings. The predicted octanol–water partition coefficient (Wildman–Crippen LogP) is 2.18. The average molecular weight is 292 g/mol. The van der Waals surface area contributed by atoms with E-state index in [9.17, 15) is 0 Å². The standard InChI is InChI=1S/C14H20N4OS/c1-10-6-20-12-11(10)16-9-17-13(12)15-7-14(8-19-2)4-3-5-18-14/h6,9,18H,3-5,7-8H2,1-2H3,(H,15,16,17). The first kappa shape index (κ1) is 13.7. The molecule has 2 aromatic heterocycles. The number of fused-ring (bicyclic) bond motifs is 1. The summed E-state index contributed by atoms with van der Waals surface area (Å²) in [7, 11) is 1.76. The van der Waals surface area contributed by atoms with Crippen molar-refractivity contribution in [2.75, 3.05) is 32.1 Å². The first-order chi connectivity index (χ1) is 9.74. The second-order valence-electron chi connectivity index (χ2n) is 5.42. The number of thiophene rings is 1. The number of aryl methyl sites for hydroxylation is 1. The highest BCUT2D eigenvalue weighted by atomic mass is 32.1. The van der Waals surface area contributed by atoms with Crippen molar-refractivity contribution in [2.45, 2.75) is 25.3 Å². The Bertz CT molecular complexity index is 592. The first-order valence-corrected chi connectivity index (χ1v) is 7.79. The van der Waals surface area contributed by atoms with Gasteiger partial charge in [-0.15, -0.1) is 11.3 Å². The van der Waals surface area contributed by atoms with Crippen LogP contribution in [-0.2, 0) is 4.74 Å². The van der Waals surface area contributed by atoms with E-state index in [4.69, 9.17) is 4.74 Å². The Kier molecular flexibility index (Phi) is 3.87. The molecule has 0 radical (unpaired) electrons. The molecule has 20 heavy (non-hydrogen) atoms. The molecule has 0 bridgehead atoms. The monoisotopic (exact) mass is 292 g/mol. The van der Waals surface area contributed by atoms with Gasteiger partial charge >= 0.3 is 0 Å². The fraction of sp³-hybridized carbons (Fsp3) is 0.571. The van der Waals surface area contributed by atoms with Crippen molar-refractivity contribution in [3.8, 4) is 0 Å². The van der Waals surface area contributed by atoms with Crippen LogP contribution in [0.3, 0.4) is 0 Å². The van der Waals surface area contributed by atoms with Gasteiger partial charge in [-0.25, -0.2) is 9.97 Å². The molecular formula is C14H20N4OS. The Labute approximate surface area is 122 Å². The number of aromatic nitrogens is 2. The molecule has 108 valence electrons. The van der Waals surface area contributed by atoms with E-state index < -0.39 is 0 Å². The Morgan fingerprint density at radius 3 is 3.15 bits per heavy atom. The summed E-state index contributed by atoms with van der Waals surface area (Å²) in [5.41, 5.74) is 2.28. The van der Waals surface area contributed by atoms with Gasteiger partial charge in [-0.2, -0.15) is 0 Å². The Balaban J connectivity index is 1.79. The van der Waals surface area contributed by atoms with Crippen molar-refractivity contribution >= 4 is 27.4 Å². The number of nitrogens with one attached hydrogen (secondary N) is 2. The smallest absolute Gasteiger partial charge is 0.147 e. The highest BCUT2D eigenvalue weighted by molar-refractivity contribution is 7.18. The van der Waals surface area contributed by atoms with E-state index in [0.29, 0.717) is 0 Å². The van der Waals surface area contributed by atoms with Crippen molar-refractivity contribution in [2.24, 2.45) is 0 Å². The molecule has 3 heterocycles. The van der Waals surface area contributed by atoms with Crippen LogP contribution in [0.1, 0.15) is 18.4 Å². The van der Waals surface area contributed by atoms with Gasteiger partial charge in [0.25, 0.3) is 0 Å². The average Bonchev–Trinajstić information content (AvgIpc) is 3.06. The molecule has 0 saturated carbocycles. The summed E-state index contributed by atoms with van der Waals surface area (Å²) in [6, 6.07) is 0. The topological polar surface area (TPSA) is 59.1 Å². The van der Waals surface area contributed by atoms with Crippen molar-refractivity contribution in [3.63, 3.8) is 0 Å². The normalized spacial score (nSPS) is 22.5. The number of rotatable bonds is 5. The van der Waals surface area contributed by atoms with Gasteiger partial charge < -0.3 is 15.4 Å². The molecule has 0 amide bonds. The largest absolute Gasteiger partial charge is 0.383 e. The lowest BCUT2D eigenvalue weighted by molar-refractivity contribution is 0.127. The van der Waals surface area contributed by atoms with Crippen LogP contribution < -0.4 is 10.6 Å². The Morgan fingerprint density at radius 1 is 1.50 bits per heavy atom. The highest BCUT2D eigenvalue weighted by Gasteiger charge is 2.33. The molecule has 1 aliphatic heterocycles. The minimum Gasteiger partial charge on any atom is -0.383 e. The summed E-state index contributed by atoms with van der Waals surface area (Å²) in [6.07, 6.45) is 3.96. The van der Waals surface area contributed by atoms with Gasteiger partial charge in [0.1, 0.15) is 12.1 Å². The lowest BCUT2D eigenvalue weighted by atomic mass is 9.99. The quantitative estimate of drug-likeness (QED) is 0.884. The third-order valence-corrected chi connectivity index (χ3v) is 4.97. The first-order valence-electron chi connectivity index (χ1n) is 6.91. The summed E-state index contributed by atoms with van der Waals surface area (Å²) in [4.78, 5) is 8.75. The van der Waals surface area contributed by atoms with Gasteiger partial charge in [-0.1, -0.05) is 0 Å². The van der Waals surface area contributed by atoms with Crippen molar-refractivity contribution in [1.82, 2.24) is 15.3 Å². The van der Waals surface area contributed by atoms with Crippen molar-refractivity contribution < 1.29 is 4.74 Å². The van der Waals surface area contributed by atoms with E-state index in [1.165, 1.54) is 12.0 Å². The van der Waals surface area contributed by atoms with E-state index in [2.05, 4.69) is 32.9 Å². The SMILES string of the molecule is COCC1(CNc2ncnc3c(C)csc23)CCCN1.